The van der Waals surface area contributed by atoms with Gasteiger partial charge in [0.05, 0.1) is 15.3 Å². The number of fused-ring (bicyclic) bond motifs is 4. The van der Waals surface area contributed by atoms with Gasteiger partial charge in [-0.3, -0.25) is 9.59 Å². The highest BCUT2D eigenvalue weighted by molar-refractivity contribution is 7.26. The maximum Gasteiger partial charge on any atom is 0.205 e. The van der Waals surface area contributed by atoms with Gasteiger partial charge in [-0.1, -0.05) is 0 Å². The maximum absolute atomic E-state index is 12.9. The number of carbonyl (C=O) groups is 2. The lowest BCUT2D eigenvalue weighted by Crippen LogP contribution is -2.17. The molecule has 3 aromatic rings. The van der Waals surface area contributed by atoms with Crippen molar-refractivity contribution in [3.63, 3.8) is 0 Å². The summed E-state index contributed by atoms with van der Waals surface area (Å²) in [6.07, 6.45) is 0. The first kappa shape index (κ1) is 13.4. The SMILES string of the molecule is Cc1sc2c(c1C)C(=O)c1sc3c(C)sc(C)c3c1C2=O. The molecular weight excluding hydrogens is 320 g/mol. The van der Waals surface area contributed by atoms with Crippen LogP contribution in [0, 0.1) is 27.7 Å². The molecule has 0 bridgehead atoms. The van der Waals surface area contributed by atoms with E-state index in [-0.39, 0.29) is 11.6 Å². The minimum absolute atomic E-state index is 0.0337. The van der Waals surface area contributed by atoms with Gasteiger partial charge >= 0.3 is 0 Å². The number of rotatable bonds is 0. The summed E-state index contributed by atoms with van der Waals surface area (Å²) in [5.41, 5.74) is 2.25. The Morgan fingerprint density at radius 3 is 2.00 bits per heavy atom. The van der Waals surface area contributed by atoms with E-state index in [9.17, 15) is 9.59 Å². The van der Waals surface area contributed by atoms with Crippen LogP contribution in [-0.2, 0) is 0 Å². The molecule has 0 unspecified atom stereocenters. The Morgan fingerprint density at radius 1 is 0.667 bits per heavy atom. The second-order valence-corrected chi connectivity index (χ2v) is 9.04. The quantitative estimate of drug-likeness (QED) is 0.452. The summed E-state index contributed by atoms with van der Waals surface area (Å²) in [4.78, 5) is 30.4. The van der Waals surface area contributed by atoms with Crippen molar-refractivity contribution >= 4 is 55.7 Å². The largest absolute Gasteiger partial charge is 0.288 e. The van der Waals surface area contributed by atoms with E-state index in [0.29, 0.717) is 20.9 Å². The molecule has 1 aliphatic carbocycles. The van der Waals surface area contributed by atoms with Crippen LogP contribution in [0.1, 0.15) is 50.7 Å². The maximum atomic E-state index is 12.9. The van der Waals surface area contributed by atoms with Crippen molar-refractivity contribution in [2.45, 2.75) is 27.7 Å². The van der Waals surface area contributed by atoms with Crippen molar-refractivity contribution in [1.29, 1.82) is 0 Å². The van der Waals surface area contributed by atoms with E-state index < -0.39 is 0 Å². The average molecular weight is 332 g/mol. The number of hydrogen-bond donors (Lipinski definition) is 0. The fraction of sp³-hybridized carbons (Fsp3) is 0.250. The molecular formula is C16H12O2S3. The minimum atomic E-state index is 0.0337. The van der Waals surface area contributed by atoms with Crippen LogP contribution in [-0.4, -0.2) is 11.6 Å². The first-order valence-electron chi connectivity index (χ1n) is 6.63. The van der Waals surface area contributed by atoms with Crippen LogP contribution in [0.15, 0.2) is 0 Å². The van der Waals surface area contributed by atoms with Gasteiger partial charge in [0.25, 0.3) is 0 Å². The molecule has 21 heavy (non-hydrogen) atoms. The fourth-order valence-electron chi connectivity index (χ4n) is 3.01. The van der Waals surface area contributed by atoms with Gasteiger partial charge in [0.15, 0.2) is 0 Å². The summed E-state index contributed by atoms with van der Waals surface area (Å²) in [6, 6.07) is 0. The number of aryl methyl sites for hydroxylation is 3. The lowest BCUT2D eigenvalue weighted by atomic mass is 9.91. The zero-order valence-corrected chi connectivity index (χ0v) is 14.5. The molecule has 1 aliphatic rings. The molecule has 3 aromatic heterocycles. The van der Waals surface area contributed by atoms with Crippen LogP contribution in [0.2, 0.25) is 0 Å². The molecule has 4 rings (SSSR count). The van der Waals surface area contributed by atoms with E-state index in [0.717, 1.165) is 25.4 Å². The van der Waals surface area contributed by atoms with Crippen LogP contribution < -0.4 is 0 Å². The lowest BCUT2D eigenvalue weighted by molar-refractivity contribution is 0.0986. The molecule has 0 saturated heterocycles. The number of thiophene rings is 3. The smallest absolute Gasteiger partial charge is 0.205 e. The first-order valence-corrected chi connectivity index (χ1v) is 9.08. The topological polar surface area (TPSA) is 34.1 Å². The van der Waals surface area contributed by atoms with Gasteiger partial charge in [0.2, 0.25) is 11.6 Å². The third-order valence-electron chi connectivity index (χ3n) is 4.14. The summed E-state index contributed by atoms with van der Waals surface area (Å²) in [6.45, 7) is 8.00. The molecule has 3 heterocycles. The number of hydrogen-bond acceptors (Lipinski definition) is 5. The molecule has 106 valence electrons. The van der Waals surface area contributed by atoms with Crippen molar-refractivity contribution in [1.82, 2.24) is 0 Å². The van der Waals surface area contributed by atoms with Gasteiger partial charge in [-0.05, 0) is 33.3 Å². The van der Waals surface area contributed by atoms with Gasteiger partial charge in [0, 0.05) is 30.3 Å². The van der Waals surface area contributed by atoms with Gasteiger partial charge in [0.1, 0.15) is 0 Å². The van der Waals surface area contributed by atoms with Gasteiger partial charge in [-0.25, -0.2) is 0 Å². The average Bonchev–Trinajstić information content (AvgIpc) is 3.04. The molecule has 0 spiro atoms. The Hall–Kier alpha value is -1.30. The van der Waals surface area contributed by atoms with Crippen molar-refractivity contribution in [3.05, 3.63) is 41.1 Å². The third-order valence-corrected chi connectivity index (χ3v) is 7.80. The molecule has 0 amide bonds. The van der Waals surface area contributed by atoms with Crippen LogP contribution in [0.3, 0.4) is 0 Å². The van der Waals surface area contributed by atoms with Gasteiger partial charge < -0.3 is 0 Å². The molecule has 2 nitrogen and oxygen atoms in total. The van der Waals surface area contributed by atoms with E-state index in [1.165, 1.54) is 27.6 Å². The summed E-state index contributed by atoms with van der Waals surface area (Å²) >= 11 is 4.64. The van der Waals surface area contributed by atoms with Gasteiger partial charge in [-0.2, -0.15) is 0 Å². The van der Waals surface area contributed by atoms with E-state index in [2.05, 4.69) is 6.92 Å². The van der Waals surface area contributed by atoms with E-state index in [1.807, 2.05) is 20.8 Å². The molecule has 0 aliphatic heterocycles. The molecule has 5 heteroatoms. The van der Waals surface area contributed by atoms with Crippen LogP contribution in [0.25, 0.3) is 10.1 Å². The highest BCUT2D eigenvalue weighted by atomic mass is 32.1. The van der Waals surface area contributed by atoms with Crippen molar-refractivity contribution < 1.29 is 9.59 Å². The van der Waals surface area contributed by atoms with Crippen LogP contribution in [0.5, 0.6) is 0 Å². The molecule has 0 N–H and O–H groups in total. The summed E-state index contributed by atoms with van der Waals surface area (Å²) in [5, 5.41) is 1.00. The molecule has 0 fully saturated rings. The Labute approximate surface area is 134 Å². The Kier molecular flexibility index (Phi) is 2.62. The standard InChI is InChI=1S/C16H12O2S3/c1-5-6(2)20-15-9(5)12(17)16-11(13(15)18)10-7(3)19-8(4)14(10)21-16/h1-4H3. The summed E-state index contributed by atoms with van der Waals surface area (Å²) in [7, 11) is 0. The zero-order valence-electron chi connectivity index (χ0n) is 12.0. The van der Waals surface area contributed by atoms with Crippen LogP contribution in [0.4, 0.5) is 0 Å². The van der Waals surface area contributed by atoms with E-state index >= 15 is 0 Å². The second-order valence-electron chi connectivity index (χ2n) is 5.37. The Balaban J connectivity index is 2.14. The van der Waals surface area contributed by atoms with Crippen LogP contribution >= 0.6 is 34.0 Å². The predicted octanol–water partition coefficient (Wildman–Crippen LogP) is 5.03. The minimum Gasteiger partial charge on any atom is -0.288 e. The van der Waals surface area contributed by atoms with Crippen molar-refractivity contribution in [2.75, 3.05) is 0 Å². The first-order chi connectivity index (χ1) is 9.91. The lowest BCUT2D eigenvalue weighted by Gasteiger charge is -2.11. The summed E-state index contributed by atoms with van der Waals surface area (Å²) in [5.74, 6) is 0.0689. The predicted molar refractivity (Wildman–Crippen MR) is 89.8 cm³/mol. The van der Waals surface area contributed by atoms with Crippen molar-refractivity contribution in [3.8, 4) is 0 Å². The fourth-order valence-corrected chi connectivity index (χ4v) is 6.58. The Bertz CT molecular complexity index is 966. The zero-order chi connectivity index (χ0) is 15.0. The number of carbonyl (C=O) groups excluding carboxylic acids is 2. The van der Waals surface area contributed by atoms with E-state index in [4.69, 9.17) is 0 Å². The second kappa shape index (κ2) is 4.12. The van der Waals surface area contributed by atoms with E-state index in [1.54, 1.807) is 11.3 Å². The normalized spacial score (nSPS) is 13.9. The number of ketones is 2. The molecule has 0 radical (unpaired) electrons. The molecule has 0 atom stereocenters. The summed E-state index contributed by atoms with van der Waals surface area (Å²) < 4.78 is 1.11. The van der Waals surface area contributed by atoms with Crippen molar-refractivity contribution in [2.24, 2.45) is 0 Å². The highest BCUT2D eigenvalue weighted by Gasteiger charge is 2.37. The Morgan fingerprint density at radius 2 is 1.29 bits per heavy atom. The highest BCUT2D eigenvalue weighted by Crippen LogP contribution is 2.46. The van der Waals surface area contributed by atoms with Gasteiger partial charge in [-0.15, -0.1) is 34.0 Å². The monoisotopic (exact) mass is 332 g/mol. The molecule has 0 aromatic carbocycles. The third kappa shape index (κ3) is 1.51. The molecule has 0 saturated carbocycles.